The Kier molecular flexibility index (Phi) is 3.63. The van der Waals surface area contributed by atoms with E-state index in [2.05, 4.69) is 0 Å². The van der Waals surface area contributed by atoms with Gasteiger partial charge < -0.3 is 15.7 Å². The molecule has 0 bridgehead atoms. The van der Waals surface area contributed by atoms with E-state index in [0.717, 1.165) is 18.6 Å². The lowest BCUT2D eigenvalue weighted by Crippen LogP contribution is -2.61. The molecule has 6 heteroatoms. The van der Waals surface area contributed by atoms with Crippen LogP contribution >= 0.6 is 11.8 Å². The number of carboxylic acid groups (broad SMARTS) is 1. The molecule has 0 aliphatic carbocycles. The molecule has 2 saturated heterocycles. The minimum absolute atomic E-state index is 0.00144. The molecule has 2 aliphatic rings. The van der Waals surface area contributed by atoms with Crippen molar-refractivity contribution < 1.29 is 14.7 Å². The molecule has 0 aromatic rings. The minimum atomic E-state index is -0.884. The van der Waals surface area contributed by atoms with Gasteiger partial charge in [-0.05, 0) is 12.8 Å². The van der Waals surface area contributed by atoms with E-state index in [0.29, 0.717) is 6.54 Å². The van der Waals surface area contributed by atoms with Crippen LogP contribution in [0.15, 0.2) is 0 Å². The highest BCUT2D eigenvalue weighted by Gasteiger charge is 2.58. The second-order valence-electron chi connectivity index (χ2n) is 4.54. The van der Waals surface area contributed by atoms with Crippen LogP contribution in [-0.4, -0.2) is 51.5 Å². The fourth-order valence-corrected chi connectivity index (χ4v) is 4.10. The molecule has 5 nitrogen and oxygen atoms in total. The summed E-state index contributed by atoms with van der Waals surface area (Å²) >= 11 is 1.58. The van der Waals surface area contributed by atoms with Gasteiger partial charge in [-0.2, -0.15) is 11.8 Å². The van der Waals surface area contributed by atoms with Crippen molar-refractivity contribution in [2.75, 3.05) is 12.3 Å². The lowest BCUT2D eigenvalue weighted by molar-refractivity contribution is -0.163. The van der Waals surface area contributed by atoms with Gasteiger partial charge in [0.15, 0.2) is 0 Å². The maximum absolute atomic E-state index is 11.8. The van der Waals surface area contributed by atoms with Crippen LogP contribution in [0.2, 0.25) is 0 Å². The SMILES string of the molecule is CCC1C(=O)N2C1CC(SCCN)C2C(=O)O. The fourth-order valence-electron chi connectivity index (χ4n) is 2.90. The first-order valence-corrected chi connectivity index (χ1v) is 7.03. The largest absolute Gasteiger partial charge is 0.480 e. The molecule has 0 spiro atoms. The summed E-state index contributed by atoms with van der Waals surface area (Å²) in [5, 5.41) is 9.24. The predicted molar refractivity (Wildman–Crippen MR) is 65.8 cm³/mol. The monoisotopic (exact) mass is 258 g/mol. The molecule has 4 atom stereocenters. The van der Waals surface area contributed by atoms with Gasteiger partial charge in [0.2, 0.25) is 5.91 Å². The normalized spacial score (nSPS) is 35.6. The second kappa shape index (κ2) is 4.86. The molecule has 2 fully saturated rings. The predicted octanol–water partition coefficient (Wildman–Crippen LogP) is 0.141. The van der Waals surface area contributed by atoms with Crippen LogP contribution in [0.25, 0.3) is 0 Å². The van der Waals surface area contributed by atoms with Gasteiger partial charge in [0, 0.05) is 23.6 Å². The van der Waals surface area contributed by atoms with Crippen molar-refractivity contribution >= 4 is 23.6 Å². The number of carbonyl (C=O) groups excluding carboxylic acids is 1. The lowest BCUT2D eigenvalue weighted by atomic mass is 9.86. The van der Waals surface area contributed by atoms with Crippen LogP contribution in [0.1, 0.15) is 19.8 Å². The molecule has 0 aromatic carbocycles. The average Bonchev–Trinajstić information content (AvgIpc) is 2.62. The minimum Gasteiger partial charge on any atom is -0.480 e. The number of amides is 1. The van der Waals surface area contributed by atoms with Crippen LogP contribution in [0.3, 0.4) is 0 Å². The Morgan fingerprint density at radius 1 is 1.65 bits per heavy atom. The molecule has 1 amide bonds. The number of aliphatic carboxylic acids is 1. The summed E-state index contributed by atoms with van der Waals surface area (Å²) in [6, 6.07) is -0.504. The number of fused-ring (bicyclic) bond motifs is 1. The summed E-state index contributed by atoms with van der Waals surface area (Å²) in [6.45, 7) is 2.53. The van der Waals surface area contributed by atoms with E-state index in [1.54, 1.807) is 16.7 Å². The van der Waals surface area contributed by atoms with E-state index in [1.807, 2.05) is 6.92 Å². The van der Waals surface area contributed by atoms with Crippen molar-refractivity contribution in [1.82, 2.24) is 4.90 Å². The van der Waals surface area contributed by atoms with Crippen molar-refractivity contribution in [3.63, 3.8) is 0 Å². The highest BCUT2D eigenvalue weighted by molar-refractivity contribution is 8.00. The van der Waals surface area contributed by atoms with Crippen LogP contribution < -0.4 is 5.73 Å². The molecule has 0 radical (unpaired) electrons. The van der Waals surface area contributed by atoms with Crippen molar-refractivity contribution in [2.24, 2.45) is 11.7 Å². The van der Waals surface area contributed by atoms with E-state index >= 15 is 0 Å². The maximum atomic E-state index is 11.8. The zero-order valence-corrected chi connectivity index (χ0v) is 10.7. The molecule has 96 valence electrons. The lowest BCUT2D eigenvalue weighted by Gasteiger charge is -2.44. The van der Waals surface area contributed by atoms with Gasteiger partial charge in [-0.25, -0.2) is 4.79 Å². The van der Waals surface area contributed by atoms with E-state index < -0.39 is 12.0 Å². The molecule has 17 heavy (non-hydrogen) atoms. The number of β-lactam (4-membered cyclic amide) rings is 1. The zero-order chi connectivity index (χ0) is 12.6. The number of hydrogen-bond acceptors (Lipinski definition) is 4. The van der Waals surface area contributed by atoms with E-state index in [9.17, 15) is 14.7 Å². The maximum Gasteiger partial charge on any atom is 0.327 e. The van der Waals surface area contributed by atoms with E-state index in [-0.39, 0.29) is 23.1 Å². The molecular weight excluding hydrogens is 240 g/mol. The number of nitrogens with two attached hydrogens (primary N) is 1. The third-order valence-electron chi connectivity index (χ3n) is 3.66. The Morgan fingerprint density at radius 2 is 2.35 bits per heavy atom. The van der Waals surface area contributed by atoms with Crippen molar-refractivity contribution in [3.8, 4) is 0 Å². The quantitative estimate of drug-likeness (QED) is 0.685. The highest BCUT2D eigenvalue weighted by atomic mass is 32.2. The summed E-state index contributed by atoms with van der Waals surface area (Å²) in [5.41, 5.74) is 5.45. The first-order valence-electron chi connectivity index (χ1n) is 5.98. The first-order chi connectivity index (χ1) is 8.11. The number of nitrogens with zero attached hydrogens (tertiary/aromatic N) is 1. The molecule has 2 heterocycles. The Labute approximate surface area is 105 Å². The summed E-state index contributed by atoms with van der Waals surface area (Å²) in [4.78, 5) is 24.7. The van der Waals surface area contributed by atoms with Gasteiger partial charge >= 0.3 is 5.97 Å². The Hall–Kier alpha value is -0.750. The van der Waals surface area contributed by atoms with E-state index in [1.165, 1.54) is 0 Å². The van der Waals surface area contributed by atoms with Gasteiger partial charge in [0.1, 0.15) is 6.04 Å². The van der Waals surface area contributed by atoms with E-state index in [4.69, 9.17) is 5.73 Å². The number of carbonyl (C=O) groups is 2. The number of thioether (sulfide) groups is 1. The molecular formula is C11H18N2O3S. The van der Waals surface area contributed by atoms with Crippen LogP contribution in [0, 0.1) is 5.92 Å². The number of carboxylic acids is 1. The van der Waals surface area contributed by atoms with Gasteiger partial charge in [-0.3, -0.25) is 4.79 Å². The van der Waals surface area contributed by atoms with Crippen molar-refractivity contribution in [1.29, 1.82) is 0 Å². The topological polar surface area (TPSA) is 83.6 Å². The third kappa shape index (κ3) is 1.93. The summed E-state index contributed by atoms with van der Waals surface area (Å²) in [7, 11) is 0. The Bertz CT molecular complexity index is 337. The first kappa shape index (κ1) is 12.7. The Morgan fingerprint density at radius 3 is 2.88 bits per heavy atom. The molecule has 0 saturated carbocycles. The summed E-state index contributed by atoms with van der Waals surface area (Å²) in [5.74, 6) is -0.0778. The van der Waals surface area contributed by atoms with Crippen LogP contribution in [0.5, 0.6) is 0 Å². The standard InChI is InChI=1S/C11H18N2O3S/c1-2-6-7-5-8(17-4-3-12)9(11(15)16)13(7)10(6)14/h6-9H,2-5,12H2,1H3,(H,15,16). The third-order valence-corrected chi connectivity index (χ3v) is 5.01. The highest BCUT2D eigenvalue weighted by Crippen LogP contribution is 2.45. The van der Waals surface area contributed by atoms with Gasteiger partial charge in [0.05, 0.1) is 5.92 Å². The van der Waals surface area contributed by atoms with Gasteiger partial charge in [-0.15, -0.1) is 0 Å². The fraction of sp³-hybridized carbons (Fsp3) is 0.818. The van der Waals surface area contributed by atoms with Crippen molar-refractivity contribution in [3.05, 3.63) is 0 Å². The molecule has 0 aromatic heterocycles. The summed E-state index contributed by atoms with van der Waals surface area (Å²) in [6.07, 6.45) is 1.60. The van der Waals surface area contributed by atoms with Crippen LogP contribution in [0.4, 0.5) is 0 Å². The smallest absolute Gasteiger partial charge is 0.327 e. The van der Waals surface area contributed by atoms with Gasteiger partial charge in [0.25, 0.3) is 0 Å². The Balaban J connectivity index is 2.10. The zero-order valence-electron chi connectivity index (χ0n) is 9.83. The summed E-state index contributed by atoms with van der Waals surface area (Å²) < 4.78 is 0. The average molecular weight is 258 g/mol. The molecule has 2 aliphatic heterocycles. The van der Waals surface area contributed by atoms with Crippen molar-refractivity contribution in [2.45, 2.75) is 37.1 Å². The molecule has 2 rings (SSSR count). The molecule has 3 N–H and O–H groups in total. The molecule has 4 unspecified atom stereocenters. The second-order valence-corrected chi connectivity index (χ2v) is 5.89. The van der Waals surface area contributed by atoms with Crippen LogP contribution in [-0.2, 0) is 9.59 Å². The number of rotatable bonds is 5. The number of hydrogen-bond donors (Lipinski definition) is 2. The van der Waals surface area contributed by atoms with Gasteiger partial charge in [-0.1, -0.05) is 6.92 Å².